The standard InChI is InChI=1S/C14H10BBrF2O2.C5H5.Fe/c16-11-6-8-14(20-15(17)18)12(9-11)13(19)7-5-10-3-1-2-4-10;1-2-4-5-3-1;/h1-9,19H;1-5H;/q;-1;+2/p-1. The molecule has 0 saturated carbocycles. The third-order valence-corrected chi connectivity index (χ3v) is 3.59. The molecule has 2 nitrogen and oxygen atoms in total. The van der Waals surface area contributed by atoms with Crippen LogP contribution in [0.1, 0.15) is 5.56 Å². The van der Waals surface area contributed by atoms with Crippen LogP contribution in [-0.2, 0) is 17.1 Å². The SMILES string of the molecule is [Fe+2].[O-]C(=CC=C1C=CC=C1)c1cc(Br)ccc1OB(F)F.c1cc[cH-]c1. The van der Waals surface area contributed by atoms with Crippen molar-refractivity contribution in [2.45, 2.75) is 0 Å². The van der Waals surface area contributed by atoms with Crippen LogP contribution >= 0.6 is 15.9 Å². The van der Waals surface area contributed by atoms with Crippen molar-refractivity contribution in [1.29, 1.82) is 0 Å². The van der Waals surface area contributed by atoms with E-state index in [4.69, 9.17) is 0 Å². The Labute approximate surface area is 170 Å². The largest absolute Gasteiger partial charge is 2.00 e. The zero-order valence-corrected chi connectivity index (χ0v) is 16.2. The van der Waals surface area contributed by atoms with E-state index in [1.807, 2.05) is 54.6 Å². The second-order valence-corrected chi connectivity index (χ2v) is 5.81. The fourth-order valence-electron chi connectivity index (χ4n) is 1.98. The van der Waals surface area contributed by atoms with Gasteiger partial charge < -0.3 is 9.76 Å². The molecule has 0 N–H and O–H groups in total. The third-order valence-electron chi connectivity index (χ3n) is 3.09. The summed E-state index contributed by atoms with van der Waals surface area (Å²) in [5.74, 6) is -0.538. The predicted octanol–water partition coefficient (Wildman–Crippen LogP) is 4.91. The van der Waals surface area contributed by atoms with Crippen LogP contribution in [-0.4, -0.2) is 7.47 Å². The molecule has 26 heavy (non-hydrogen) atoms. The average molecular weight is 459 g/mol. The number of benzene rings is 1. The molecule has 134 valence electrons. The topological polar surface area (TPSA) is 32.3 Å². The summed E-state index contributed by atoms with van der Waals surface area (Å²) in [6, 6.07) is 14.3. The van der Waals surface area contributed by atoms with Gasteiger partial charge in [-0.05, 0) is 23.8 Å². The van der Waals surface area contributed by atoms with E-state index in [9.17, 15) is 13.7 Å². The van der Waals surface area contributed by atoms with E-state index < -0.39 is 13.2 Å². The van der Waals surface area contributed by atoms with E-state index in [-0.39, 0.29) is 28.4 Å². The molecule has 0 amide bonds. The fraction of sp³-hybridized carbons (Fsp3) is 0. The summed E-state index contributed by atoms with van der Waals surface area (Å²) in [5, 5.41) is 12.1. The summed E-state index contributed by atoms with van der Waals surface area (Å²) in [7, 11) is -2.97. The summed E-state index contributed by atoms with van der Waals surface area (Å²) < 4.78 is 29.6. The first-order chi connectivity index (χ1) is 12.1. The van der Waals surface area contributed by atoms with Gasteiger partial charge in [-0.15, -0.1) is 0 Å². The first-order valence-electron chi connectivity index (χ1n) is 7.41. The van der Waals surface area contributed by atoms with Crippen LogP contribution in [0.15, 0.2) is 95.0 Å². The molecule has 0 saturated heterocycles. The van der Waals surface area contributed by atoms with Crippen molar-refractivity contribution in [3.63, 3.8) is 0 Å². The van der Waals surface area contributed by atoms with Crippen LogP contribution in [0.3, 0.4) is 0 Å². The van der Waals surface area contributed by atoms with Crippen LogP contribution < -0.4 is 9.76 Å². The number of hydrogen-bond donors (Lipinski definition) is 0. The summed E-state index contributed by atoms with van der Waals surface area (Å²) in [6.45, 7) is 0. The van der Waals surface area contributed by atoms with Crippen molar-refractivity contribution < 1.29 is 35.5 Å². The van der Waals surface area contributed by atoms with Gasteiger partial charge in [0.15, 0.2) is 0 Å². The molecule has 0 radical (unpaired) electrons. The minimum absolute atomic E-state index is 0. The first-order valence-corrected chi connectivity index (χ1v) is 8.21. The number of rotatable bonds is 4. The van der Waals surface area contributed by atoms with Gasteiger partial charge in [0.2, 0.25) is 0 Å². The van der Waals surface area contributed by atoms with Gasteiger partial charge in [0.25, 0.3) is 0 Å². The molecule has 0 fully saturated rings. The predicted molar refractivity (Wildman–Crippen MR) is 99.1 cm³/mol. The van der Waals surface area contributed by atoms with Gasteiger partial charge in [-0.2, -0.15) is 18.2 Å². The molecule has 1 aliphatic carbocycles. The first kappa shape index (κ1) is 22.1. The summed E-state index contributed by atoms with van der Waals surface area (Å²) in [6.07, 6.45) is 10.3. The van der Waals surface area contributed by atoms with Crippen molar-refractivity contribution >= 4 is 29.2 Å². The summed E-state index contributed by atoms with van der Waals surface area (Å²) >= 11 is 3.20. The summed E-state index contributed by atoms with van der Waals surface area (Å²) in [4.78, 5) is 0. The van der Waals surface area contributed by atoms with Gasteiger partial charge >= 0.3 is 24.5 Å². The molecule has 0 aromatic heterocycles. The van der Waals surface area contributed by atoms with Crippen LogP contribution in [0.4, 0.5) is 8.63 Å². The monoisotopic (exact) mass is 458 g/mol. The maximum Gasteiger partial charge on any atom is 2.00 e. The normalized spacial score (nSPS) is 12.1. The van der Waals surface area contributed by atoms with Crippen molar-refractivity contribution in [3.05, 3.63) is 101 Å². The molecule has 7 heteroatoms. The second kappa shape index (κ2) is 11.6. The molecule has 0 spiro atoms. The maximum atomic E-state index is 12.3. The van der Waals surface area contributed by atoms with Crippen molar-refractivity contribution in [2.75, 3.05) is 0 Å². The Bertz CT molecular complexity index is 769. The Kier molecular flexibility index (Phi) is 9.88. The van der Waals surface area contributed by atoms with Gasteiger partial charge in [-0.3, -0.25) is 0 Å². The Morgan fingerprint density at radius 1 is 1.15 bits per heavy atom. The van der Waals surface area contributed by atoms with Crippen LogP contribution in [0.2, 0.25) is 0 Å². The van der Waals surface area contributed by atoms with Crippen molar-refractivity contribution in [3.8, 4) is 5.75 Å². The fourth-order valence-corrected chi connectivity index (χ4v) is 2.34. The molecule has 1 aliphatic rings. The van der Waals surface area contributed by atoms with E-state index in [2.05, 4.69) is 20.6 Å². The zero-order valence-electron chi connectivity index (χ0n) is 13.5. The quantitative estimate of drug-likeness (QED) is 0.370. The van der Waals surface area contributed by atoms with Crippen LogP contribution in [0, 0.1) is 0 Å². The number of allylic oxidation sites excluding steroid dienone is 7. The van der Waals surface area contributed by atoms with Gasteiger partial charge in [-0.25, -0.2) is 20.8 Å². The van der Waals surface area contributed by atoms with Crippen molar-refractivity contribution in [2.24, 2.45) is 0 Å². The van der Waals surface area contributed by atoms with E-state index in [1.165, 1.54) is 24.3 Å². The van der Waals surface area contributed by atoms with E-state index >= 15 is 0 Å². The molecular weight excluding hydrogens is 445 g/mol. The molecule has 0 atom stereocenters. The van der Waals surface area contributed by atoms with Gasteiger partial charge in [0.1, 0.15) is 5.75 Å². The van der Waals surface area contributed by atoms with Gasteiger partial charge in [0.05, 0.1) is 0 Å². The van der Waals surface area contributed by atoms with Crippen LogP contribution in [0.5, 0.6) is 5.75 Å². The smallest absolute Gasteiger partial charge is 0.872 e. The third kappa shape index (κ3) is 7.52. The Hall–Kier alpha value is -1.95. The van der Waals surface area contributed by atoms with Crippen LogP contribution in [0.25, 0.3) is 5.76 Å². The van der Waals surface area contributed by atoms with E-state index in [1.54, 1.807) is 6.08 Å². The zero-order chi connectivity index (χ0) is 18.1. The summed E-state index contributed by atoms with van der Waals surface area (Å²) in [5.41, 5.74) is 0.951. The molecule has 2 aromatic carbocycles. The number of hydrogen-bond acceptors (Lipinski definition) is 2. The van der Waals surface area contributed by atoms with Crippen molar-refractivity contribution in [1.82, 2.24) is 0 Å². The second-order valence-electron chi connectivity index (χ2n) is 4.90. The molecule has 3 rings (SSSR count). The van der Waals surface area contributed by atoms with Gasteiger partial charge in [0, 0.05) is 10.0 Å². The molecule has 2 aromatic rings. The minimum atomic E-state index is -2.97. The molecular formula is C19H14BBrF2FeO2. The Morgan fingerprint density at radius 2 is 1.81 bits per heavy atom. The molecule has 0 heterocycles. The van der Waals surface area contributed by atoms with E-state index in [0.29, 0.717) is 4.47 Å². The maximum absolute atomic E-state index is 12.3. The minimum Gasteiger partial charge on any atom is -0.872 e. The van der Waals surface area contributed by atoms with Gasteiger partial charge in [-0.1, -0.05) is 58.1 Å². The Balaban J connectivity index is 0.000000486. The molecule has 0 unspecified atom stereocenters. The molecule has 0 aliphatic heterocycles. The average Bonchev–Trinajstić information content (AvgIpc) is 3.30. The number of halogens is 3. The Morgan fingerprint density at radius 3 is 2.35 bits per heavy atom. The van der Waals surface area contributed by atoms with E-state index in [0.717, 1.165) is 5.57 Å². The molecule has 0 bridgehead atoms.